The van der Waals surface area contributed by atoms with Crippen LogP contribution in [0.25, 0.3) is 11.1 Å². The van der Waals surface area contributed by atoms with Gasteiger partial charge in [0.05, 0.1) is 35.7 Å². The Morgan fingerprint density at radius 3 is 2.56 bits per heavy atom. The summed E-state index contributed by atoms with van der Waals surface area (Å²) < 4.78 is 45.9. The molecule has 0 unspecified atom stereocenters. The van der Waals surface area contributed by atoms with Crippen molar-refractivity contribution >= 4 is 23.0 Å². The third-order valence-electron chi connectivity index (χ3n) is 5.87. The molecule has 0 saturated heterocycles. The Morgan fingerprint density at radius 2 is 1.82 bits per heavy atom. The third-order valence-corrected chi connectivity index (χ3v) is 5.87. The largest absolute Gasteiger partial charge is 0.493 e. The van der Waals surface area contributed by atoms with Crippen LogP contribution in [0.3, 0.4) is 0 Å². The Morgan fingerprint density at radius 1 is 1.06 bits per heavy atom. The summed E-state index contributed by atoms with van der Waals surface area (Å²) >= 11 is 0. The molecule has 1 aromatic heterocycles. The Balaban J connectivity index is 1.56. The fraction of sp³-hybridized carbons (Fsp3) is 0.269. The molecule has 2 heterocycles. The van der Waals surface area contributed by atoms with Crippen LogP contribution >= 0.6 is 0 Å². The maximum Gasteiger partial charge on any atom is 0.420 e. The SMILES string of the molecule is CCOc1cc2c(cc1C(F)(F)F)NC(=O)CC(c1cccc(-c3ccnc(C4CC4)c3)c1)=N2. The van der Waals surface area contributed by atoms with Crippen LogP contribution in [0.2, 0.25) is 0 Å². The zero-order valence-electron chi connectivity index (χ0n) is 18.4. The van der Waals surface area contributed by atoms with Crippen molar-refractivity contribution in [2.75, 3.05) is 11.9 Å². The van der Waals surface area contributed by atoms with E-state index in [1.807, 2.05) is 30.3 Å². The van der Waals surface area contributed by atoms with Crippen LogP contribution in [0.5, 0.6) is 5.75 Å². The minimum atomic E-state index is -4.62. The molecule has 8 heteroatoms. The average molecular weight is 465 g/mol. The third kappa shape index (κ3) is 4.53. The summed E-state index contributed by atoms with van der Waals surface area (Å²) in [6.07, 6.45) is -0.576. The number of benzene rings is 2. The number of carbonyl (C=O) groups is 1. The number of hydrogen-bond acceptors (Lipinski definition) is 4. The average Bonchev–Trinajstić information content (AvgIpc) is 3.66. The first-order valence-electron chi connectivity index (χ1n) is 11.1. The number of amides is 1. The molecule has 1 aliphatic carbocycles. The number of nitrogens with zero attached hydrogens (tertiary/aromatic N) is 2. The van der Waals surface area contributed by atoms with Crippen LogP contribution in [0.15, 0.2) is 59.7 Å². The molecule has 5 nitrogen and oxygen atoms in total. The lowest BCUT2D eigenvalue weighted by Crippen LogP contribution is -2.15. The summed E-state index contributed by atoms with van der Waals surface area (Å²) in [5, 5.41) is 2.56. The van der Waals surface area contributed by atoms with Gasteiger partial charge in [0.15, 0.2) is 0 Å². The second kappa shape index (κ2) is 8.59. The molecule has 1 saturated carbocycles. The summed E-state index contributed by atoms with van der Waals surface area (Å²) in [6.45, 7) is 1.68. The van der Waals surface area contributed by atoms with Crippen LogP contribution in [0, 0.1) is 0 Å². The Bertz CT molecular complexity index is 1300. The number of aromatic nitrogens is 1. The normalized spacial score (nSPS) is 15.8. The maximum absolute atomic E-state index is 13.5. The van der Waals surface area contributed by atoms with Gasteiger partial charge >= 0.3 is 6.18 Å². The second-order valence-electron chi connectivity index (χ2n) is 8.40. The quantitative estimate of drug-likeness (QED) is 0.467. The van der Waals surface area contributed by atoms with E-state index in [-0.39, 0.29) is 30.2 Å². The summed E-state index contributed by atoms with van der Waals surface area (Å²) in [4.78, 5) is 21.6. The molecule has 1 amide bonds. The number of rotatable bonds is 5. The van der Waals surface area contributed by atoms with Gasteiger partial charge in [-0.3, -0.25) is 9.78 Å². The molecule has 0 spiro atoms. The first-order chi connectivity index (χ1) is 16.3. The highest BCUT2D eigenvalue weighted by molar-refractivity contribution is 6.17. The predicted molar refractivity (Wildman–Crippen MR) is 124 cm³/mol. The predicted octanol–water partition coefficient (Wildman–Crippen LogP) is 6.51. The molecule has 0 atom stereocenters. The summed E-state index contributed by atoms with van der Waals surface area (Å²) in [7, 11) is 0. The molecule has 34 heavy (non-hydrogen) atoms. The van der Waals surface area contributed by atoms with E-state index in [1.165, 1.54) is 6.07 Å². The van der Waals surface area contributed by atoms with Crippen molar-refractivity contribution in [2.24, 2.45) is 4.99 Å². The molecule has 1 fully saturated rings. The zero-order valence-corrected chi connectivity index (χ0v) is 18.4. The molecule has 2 aliphatic rings. The topological polar surface area (TPSA) is 63.6 Å². The van der Waals surface area contributed by atoms with Crippen LogP contribution < -0.4 is 10.1 Å². The van der Waals surface area contributed by atoms with Gasteiger partial charge in [-0.25, -0.2) is 4.99 Å². The Kier molecular flexibility index (Phi) is 5.59. The molecular formula is C26H22F3N3O2. The lowest BCUT2D eigenvalue weighted by Gasteiger charge is -2.16. The molecule has 2 aromatic carbocycles. The number of pyridine rings is 1. The number of hydrogen-bond donors (Lipinski definition) is 1. The molecular weight excluding hydrogens is 443 g/mol. The number of carbonyl (C=O) groups excluding carboxylic acids is 1. The van der Waals surface area contributed by atoms with Crippen LogP contribution in [0.1, 0.15) is 48.9 Å². The molecule has 5 rings (SSSR count). The van der Waals surface area contributed by atoms with Crippen molar-refractivity contribution in [3.63, 3.8) is 0 Å². The molecule has 0 bridgehead atoms. The second-order valence-corrected chi connectivity index (χ2v) is 8.40. The Labute approximate surface area is 194 Å². The minimum absolute atomic E-state index is 0.00939. The van der Waals surface area contributed by atoms with Gasteiger partial charge in [0, 0.05) is 23.9 Å². The van der Waals surface area contributed by atoms with Gasteiger partial charge in [0.1, 0.15) is 5.75 Å². The van der Waals surface area contributed by atoms with Gasteiger partial charge in [0.25, 0.3) is 0 Å². The first-order valence-corrected chi connectivity index (χ1v) is 11.1. The van der Waals surface area contributed by atoms with Crippen molar-refractivity contribution in [1.29, 1.82) is 0 Å². The van der Waals surface area contributed by atoms with Crippen molar-refractivity contribution in [3.8, 4) is 16.9 Å². The lowest BCUT2D eigenvalue weighted by molar-refractivity contribution is -0.138. The van der Waals surface area contributed by atoms with E-state index in [0.717, 1.165) is 41.3 Å². The standard InChI is InChI=1S/C26H22F3N3O2/c1-2-34-24-13-23-22(12-19(24)26(27,28)29)32-25(33)14-21(31-23)18-5-3-4-16(10-18)17-8-9-30-20(11-17)15-6-7-15/h3-5,8-13,15H,2,6-7,14H2,1H3,(H,32,33). The summed E-state index contributed by atoms with van der Waals surface area (Å²) in [5.41, 5.74) is 3.53. The van der Waals surface area contributed by atoms with E-state index in [4.69, 9.17) is 4.74 Å². The van der Waals surface area contributed by atoms with Crippen LogP contribution in [-0.2, 0) is 11.0 Å². The van der Waals surface area contributed by atoms with Gasteiger partial charge in [0.2, 0.25) is 5.91 Å². The monoisotopic (exact) mass is 465 g/mol. The van der Waals surface area contributed by atoms with E-state index in [9.17, 15) is 18.0 Å². The van der Waals surface area contributed by atoms with E-state index >= 15 is 0 Å². The smallest absolute Gasteiger partial charge is 0.420 e. The fourth-order valence-electron chi connectivity index (χ4n) is 4.06. The van der Waals surface area contributed by atoms with Gasteiger partial charge < -0.3 is 10.1 Å². The van der Waals surface area contributed by atoms with E-state index in [0.29, 0.717) is 11.6 Å². The number of ether oxygens (including phenoxy) is 1. The van der Waals surface area contributed by atoms with Crippen molar-refractivity contribution in [2.45, 2.75) is 38.3 Å². The number of halogens is 3. The number of anilines is 1. The number of alkyl halides is 3. The van der Waals surface area contributed by atoms with E-state index < -0.39 is 17.6 Å². The zero-order chi connectivity index (χ0) is 23.9. The molecule has 0 radical (unpaired) electrons. The van der Waals surface area contributed by atoms with Crippen molar-refractivity contribution in [3.05, 3.63) is 71.5 Å². The number of fused-ring (bicyclic) bond motifs is 1. The summed E-state index contributed by atoms with van der Waals surface area (Å²) in [6, 6.07) is 13.8. The lowest BCUT2D eigenvalue weighted by atomic mass is 9.99. The number of aliphatic imine (C=N–C) groups is 1. The van der Waals surface area contributed by atoms with Gasteiger partial charge in [-0.05, 0) is 60.7 Å². The highest BCUT2D eigenvalue weighted by Gasteiger charge is 2.36. The van der Waals surface area contributed by atoms with Gasteiger partial charge in [-0.2, -0.15) is 13.2 Å². The molecule has 1 N–H and O–H groups in total. The van der Waals surface area contributed by atoms with Gasteiger partial charge in [-0.1, -0.05) is 18.2 Å². The molecule has 3 aromatic rings. The van der Waals surface area contributed by atoms with Gasteiger partial charge in [-0.15, -0.1) is 0 Å². The molecule has 1 aliphatic heterocycles. The maximum atomic E-state index is 13.5. The number of nitrogens with one attached hydrogen (secondary N) is 1. The summed E-state index contributed by atoms with van der Waals surface area (Å²) in [5.74, 6) is -0.220. The van der Waals surface area contributed by atoms with Crippen LogP contribution in [-0.4, -0.2) is 23.2 Å². The van der Waals surface area contributed by atoms with E-state index in [1.54, 1.807) is 13.1 Å². The Hall–Kier alpha value is -3.68. The fourth-order valence-corrected chi connectivity index (χ4v) is 4.06. The first kappa shape index (κ1) is 22.1. The van der Waals surface area contributed by atoms with Crippen molar-refractivity contribution in [1.82, 2.24) is 4.98 Å². The van der Waals surface area contributed by atoms with Crippen LogP contribution in [0.4, 0.5) is 24.5 Å². The molecule has 174 valence electrons. The minimum Gasteiger partial charge on any atom is -0.493 e. The van der Waals surface area contributed by atoms with Crippen molar-refractivity contribution < 1.29 is 22.7 Å². The highest BCUT2D eigenvalue weighted by atomic mass is 19.4. The highest BCUT2D eigenvalue weighted by Crippen LogP contribution is 2.43. The van der Waals surface area contributed by atoms with E-state index in [2.05, 4.69) is 21.4 Å².